The monoisotopic (exact) mass is 221 g/mol. The molecule has 0 fully saturated rings. The topological polar surface area (TPSA) is 58.4 Å². The number of carbonyl (C=O) groups excluding carboxylic acids is 1. The van der Waals surface area contributed by atoms with E-state index in [1.807, 2.05) is 24.3 Å². The lowest BCUT2D eigenvalue weighted by Gasteiger charge is -2.09. The fourth-order valence-corrected chi connectivity index (χ4v) is 1.43. The van der Waals surface area contributed by atoms with Crippen molar-refractivity contribution in [3.05, 3.63) is 29.8 Å². The molecule has 16 heavy (non-hydrogen) atoms. The highest BCUT2D eigenvalue weighted by molar-refractivity contribution is 5.75. The first-order valence-corrected chi connectivity index (χ1v) is 5.39. The molecule has 4 heteroatoms. The summed E-state index contributed by atoms with van der Waals surface area (Å²) in [4.78, 5) is 13.0. The summed E-state index contributed by atoms with van der Waals surface area (Å²) in [5, 5.41) is 0. The van der Waals surface area contributed by atoms with Gasteiger partial charge in [0.15, 0.2) is 0 Å². The van der Waals surface area contributed by atoms with Crippen molar-refractivity contribution < 1.29 is 4.79 Å². The zero-order valence-electron chi connectivity index (χ0n) is 9.86. The third kappa shape index (κ3) is 3.90. The van der Waals surface area contributed by atoms with E-state index in [2.05, 4.69) is 5.43 Å². The molecule has 0 heterocycles. The average molecular weight is 221 g/mol. The van der Waals surface area contributed by atoms with Gasteiger partial charge in [0, 0.05) is 26.2 Å². The highest BCUT2D eigenvalue weighted by atomic mass is 16.2. The molecular formula is C12H19N3O. The van der Waals surface area contributed by atoms with E-state index >= 15 is 0 Å². The van der Waals surface area contributed by atoms with Crippen LogP contribution in [0.4, 0.5) is 5.69 Å². The minimum absolute atomic E-state index is 0.181. The van der Waals surface area contributed by atoms with Gasteiger partial charge in [0.05, 0.1) is 0 Å². The maximum Gasteiger partial charge on any atom is 0.222 e. The second kappa shape index (κ2) is 6.12. The Morgan fingerprint density at radius 1 is 1.31 bits per heavy atom. The molecular weight excluding hydrogens is 202 g/mol. The molecule has 88 valence electrons. The van der Waals surface area contributed by atoms with Crippen LogP contribution in [0.1, 0.15) is 18.4 Å². The molecule has 0 aromatic heterocycles. The molecule has 0 atom stereocenters. The summed E-state index contributed by atoms with van der Waals surface area (Å²) in [6, 6.07) is 7.91. The number of benzene rings is 1. The standard InChI is InChI=1S/C12H19N3O/c1-15(2)12(16)5-3-4-10-6-8-11(14-13)9-7-10/h6-9,14H,3-5,13H2,1-2H3. The van der Waals surface area contributed by atoms with Crippen molar-refractivity contribution in [1.29, 1.82) is 0 Å². The summed E-state index contributed by atoms with van der Waals surface area (Å²) in [5.41, 5.74) is 4.71. The third-order valence-corrected chi connectivity index (χ3v) is 2.48. The highest BCUT2D eigenvalue weighted by Gasteiger charge is 2.03. The van der Waals surface area contributed by atoms with Gasteiger partial charge in [-0.3, -0.25) is 10.6 Å². The second-order valence-electron chi connectivity index (χ2n) is 3.98. The third-order valence-electron chi connectivity index (χ3n) is 2.48. The Kier molecular flexibility index (Phi) is 4.79. The van der Waals surface area contributed by atoms with Crippen LogP contribution in [0.3, 0.4) is 0 Å². The number of nitrogens with one attached hydrogen (secondary N) is 1. The van der Waals surface area contributed by atoms with Crippen LogP contribution < -0.4 is 11.3 Å². The largest absolute Gasteiger partial charge is 0.349 e. The van der Waals surface area contributed by atoms with Crippen molar-refractivity contribution >= 4 is 11.6 Å². The Bertz CT molecular complexity index is 333. The average Bonchev–Trinajstić information content (AvgIpc) is 2.29. The van der Waals surface area contributed by atoms with Gasteiger partial charge in [-0.25, -0.2) is 0 Å². The molecule has 0 aliphatic rings. The van der Waals surface area contributed by atoms with Crippen LogP contribution in [0.5, 0.6) is 0 Å². The molecule has 1 aromatic carbocycles. The van der Waals surface area contributed by atoms with Gasteiger partial charge >= 0.3 is 0 Å². The van der Waals surface area contributed by atoms with Gasteiger partial charge in [0.1, 0.15) is 0 Å². The van der Waals surface area contributed by atoms with Crippen LogP contribution in [0.2, 0.25) is 0 Å². The SMILES string of the molecule is CN(C)C(=O)CCCc1ccc(NN)cc1. The molecule has 3 N–H and O–H groups in total. The van der Waals surface area contributed by atoms with Crippen molar-refractivity contribution in [3.8, 4) is 0 Å². The number of hydrazine groups is 1. The molecule has 0 radical (unpaired) electrons. The number of amides is 1. The summed E-state index contributed by atoms with van der Waals surface area (Å²) in [7, 11) is 3.56. The van der Waals surface area contributed by atoms with Gasteiger partial charge < -0.3 is 10.3 Å². The number of anilines is 1. The number of nitrogens with zero attached hydrogens (tertiary/aromatic N) is 1. The molecule has 0 spiro atoms. The summed E-state index contributed by atoms with van der Waals surface area (Å²) < 4.78 is 0. The van der Waals surface area contributed by atoms with E-state index in [9.17, 15) is 4.79 Å². The van der Waals surface area contributed by atoms with Crippen molar-refractivity contribution in [2.24, 2.45) is 5.84 Å². The Morgan fingerprint density at radius 2 is 1.94 bits per heavy atom. The summed E-state index contributed by atoms with van der Waals surface area (Å²) >= 11 is 0. The number of nitrogens with two attached hydrogens (primary N) is 1. The van der Waals surface area contributed by atoms with Crippen LogP contribution in [0.25, 0.3) is 0 Å². The molecule has 0 aliphatic heterocycles. The van der Waals surface area contributed by atoms with Gasteiger partial charge in [0.2, 0.25) is 5.91 Å². The number of hydrogen-bond donors (Lipinski definition) is 2. The van der Waals surface area contributed by atoms with Gasteiger partial charge in [0.25, 0.3) is 0 Å². The Labute approximate surface area is 96.4 Å². The molecule has 0 saturated carbocycles. The van der Waals surface area contributed by atoms with E-state index in [1.54, 1.807) is 19.0 Å². The first-order chi connectivity index (χ1) is 7.63. The molecule has 0 saturated heterocycles. The van der Waals surface area contributed by atoms with Gasteiger partial charge in [-0.15, -0.1) is 0 Å². The summed E-state index contributed by atoms with van der Waals surface area (Å²) in [5.74, 6) is 5.45. The minimum Gasteiger partial charge on any atom is -0.349 e. The predicted octanol–water partition coefficient (Wildman–Crippen LogP) is 1.38. The normalized spacial score (nSPS) is 9.94. The number of aryl methyl sites for hydroxylation is 1. The molecule has 1 rings (SSSR count). The van der Waals surface area contributed by atoms with Crippen molar-refractivity contribution in [2.45, 2.75) is 19.3 Å². The minimum atomic E-state index is 0.181. The maximum atomic E-state index is 11.3. The van der Waals surface area contributed by atoms with Crippen LogP contribution in [-0.2, 0) is 11.2 Å². The van der Waals surface area contributed by atoms with E-state index in [0.717, 1.165) is 18.5 Å². The lowest BCUT2D eigenvalue weighted by molar-refractivity contribution is -0.128. The van der Waals surface area contributed by atoms with Crippen molar-refractivity contribution in [1.82, 2.24) is 4.90 Å². The van der Waals surface area contributed by atoms with Gasteiger partial charge in [-0.1, -0.05) is 12.1 Å². The van der Waals surface area contributed by atoms with Crippen LogP contribution in [0.15, 0.2) is 24.3 Å². The smallest absolute Gasteiger partial charge is 0.222 e. The molecule has 1 aromatic rings. The first-order valence-electron chi connectivity index (χ1n) is 5.39. The van der Waals surface area contributed by atoms with Gasteiger partial charge in [-0.05, 0) is 30.5 Å². The van der Waals surface area contributed by atoms with Crippen LogP contribution in [0, 0.1) is 0 Å². The van der Waals surface area contributed by atoms with Gasteiger partial charge in [-0.2, -0.15) is 0 Å². The molecule has 0 bridgehead atoms. The second-order valence-corrected chi connectivity index (χ2v) is 3.98. The van der Waals surface area contributed by atoms with E-state index in [1.165, 1.54) is 5.56 Å². The van der Waals surface area contributed by atoms with E-state index < -0.39 is 0 Å². The molecule has 0 aliphatic carbocycles. The van der Waals surface area contributed by atoms with E-state index in [4.69, 9.17) is 5.84 Å². The predicted molar refractivity (Wildman–Crippen MR) is 65.9 cm³/mol. The quantitative estimate of drug-likeness (QED) is 0.583. The fraction of sp³-hybridized carbons (Fsp3) is 0.417. The Balaban J connectivity index is 2.34. The Hall–Kier alpha value is -1.55. The Morgan fingerprint density at radius 3 is 2.44 bits per heavy atom. The number of rotatable bonds is 5. The number of hydrogen-bond acceptors (Lipinski definition) is 3. The lowest BCUT2D eigenvalue weighted by Crippen LogP contribution is -2.21. The number of carbonyl (C=O) groups is 1. The summed E-state index contributed by atoms with van der Waals surface area (Å²) in [6.07, 6.45) is 2.40. The van der Waals surface area contributed by atoms with Crippen molar-refractivity contribution in [2.75, 3.05) is 19.5 Å². The number of nitrogen functional groups attached to an aromatic ring is 1. The van der Waals surface area contributed by atoms with Crippen molar-refractivity contribution in [3.63, 3.8) is 0 Å². The zero-order chi connectivity index (χ0) is 12.0. The fourth-order valence-electron chi connectivity index (χ4n) is 1.43. The highest BCUT2D eigenvalue weighted by Crippen LogP contribution is 2.10. The maximum absolute atomic E-state index is 11.3. The summed E-state index contributed by atoms with van der Waals surface area (Å²) in [6.45, 7) is 0. The van der Waals surface area contributed by atoms with E-state index in [0.29, 0.717) is 6.42 Å². The van der Waals surface area contributed by atoms with E-state index in [-0.39, 0.29) is 5.91 Å². The molecule has 0 unspecified atom stereocenters. The lowest BCUT2D eigenvalue weighted by atomic mass is 10.1. The molecule has 1 amide bonds. The first kappa shape index (κ1) is 12.5. The zero-order valence-corrected chi connectivity index (χ0v) is 9.86. The molecule has 4 nitrogen and oxygen atoms in total. The van der Waals surface area contributed by atoms with Crippen LogP contribution >= 0.6 is 0 Å². The van der Waals surface area contributed by atoms with Crippen LogP contribution in [-0.4, -0.2) is 24.9 Å².